The van der Waals surface area contributed by atoms with E-state index in [1.807, 2.05) is 26.0 Å². The van der Waals surface area contributed by atoms with Crippen molar-refractivity contribution < 1.29 is 9.59 Å². The molecule has 3 amide bonds. The number of rotatable bonds is 6. The highest BCUT2D eigenvalue weighted by atomic mass is 35.5. The van der Waals surface area contributed by atoms with Crippen molar-refractivity contribution in [1.82, 2.24) is 10.2 Å². The average molecular weight is 367 g/mol. The lowest BCUT2D eigenvalue weighted by Crippen LogP contribution is -2.42. The van der Waals surface area contributed by atoms with Crippen LogP contribution in [-0.2, 0) is 4.79 Å². The summed E-state index contributed by atoms with van der Waals surface area (Å²) in [7, 11) is 0. The Morgan fingerprint density at radius 1 is 1.32 bits per heavy atom. The lowest BCUT2D eigenvalue weighted by molar-refractivity contribution is -0.123. The Bertz CT molecular complexity index is 612. The van der Waals surface area contributed by atoms with E-state index in [0.717, 1.165) is 55.7 Å². The molecule has 1 heterocycles. The molecular weight excluding hydrogens is 340 g/mol. The zero-order valence-corrected chi connectivity index (χ0v) is 15.7. The zero-order valence-electron chi connectivity index (χ0n) is 14.9. The number of hydrogen-bond donors (Lipinski definition) is 3. The third-order valence-electron chi connectivity index (χ3n) is 4.58. The van der Waals surface area contributed by atoms with Gasteiger partial charge < -0.3 is 21.3 Å². The molecule has 1 aromatic carbocycles. The fourth-order valence-electron chi connectivity index (χ4n) is 3.26. The number of carbonyl (C=O) groups is 2. The summed E-state index contributed by atoms with van der Waals surface area (Å²) >= 11 is 6.00. The molecule has 1 aromatic rings. The van der Waals surface area contributed by atoms with E-state index in [1.54, 1.807) is 0 Å². The van der Waals surface area contributed by atoms with E-state index in [9.17, 15) is 9.59 Å². The summed E-state index contributed by atoms with van der Waals surface area (Å²) in [6.07, 6.45) is 2.71. The van der Waals surface area contributed by atoms with Gasteiger partial charge in [0.2, 0.25) is 5.91 Å². The van der Waals surface area contributed by atoms with Gasteiger partial charge in [-0.3, -0.25) is 4.79 Å². The smallest absolute Gasteiger partial charge is 0.319 e. The van der Waals surface area contributed by atoms with E-state index in [2.05, 4.69) is 15.5 Å². The summed E-state index contributed by atoms with van der Waals surface area (Å²) in [5, 5.41) is 6.42. The quantitative estimate of drug-likeness (QED) is 0.676. The van der Waals surface area contributed by atoms with Crippen molar-refractivity contribution >= 4 is 29.2 Å². The number of urea groups is 1. The van der Waals surface area contributed by atoms with E-state index in [4.69, 9.17) is 17.3 Å². The topological polar surface area (TPSA) is 87.5 Å². The Hall–Kier alpha value is -1.79. The SMILES string of the molecule is Cc1cc(Cl)cc(C)c1NC(=O)NCCCN1CCCC(C(N)=O)C1. The minimum atomic E-state index is -0.220. The average Bonchev–Trinajstić information content (AvgIpc) is 2.55. The van der Waals surface area contributed by atoms with Crippen molar-refractivity contribution in [3.8, 4) is 0 Å². The molecule has 1 aliphatic heterocycles. The van der Waals surface area contributed by atoms with Crippen molar-refractivity contribution in [2.75, 3.05) is 31.5 Å². The third kappa shape index (κ3) is 5.90. The van der Waals surface area contributed by atoms with Gasteiger partial charge in [-0.25, -0.2) is 4.79 Å². The maximum absolute atomic E-state index is 12.1. The minimum Gasteiger partial charge on any atom is -0.369 e. The number of hydrogen-bond acceptors (Lipinski definition) is 3. The van der Waals surface area contributed by atoms with Crippen LogP contribution in [0, 0.1) is 19.8 Å². The molecule has 1 unspecified atom stereocenters. The maximum Gasteiger partial charge on any atom is 0.319 e. The summed E-state index contributed by atoms with van der Waals surface area (Å²) in [5.74, 6) is -0.253. The fourth-order valence-corrected chi connectivity index (χ4v) is 3.59. The van der Waals surface area contributed by atoms with E-state index in [-0.39, 0.29) is 17.9 Å². The number of primary amides is 1. The van der Waals surface area contributed by atoms with Crippen LogP contribution in [0.3, 0.4) is 0 Å². The Balaban J connectivity index is 1.72. The molecule has 2 rings (SSSR count). The van der Waals surface area contributed by atoms with Crippen molar-refractivity contribution in [3.05, 3.63) is 28.3 Å². The zero-order chi connectivity index (χ0) is 18.4. The summed E-state index contributed by atoms with van der Waals surface area (Å²) in [6, 6.07) is 3.44. The first-order valence-corrected chi connectivity index (χ1v) is 9.08. The second-order valence-electron chi connectivity index (χ2n) is 6.69. The van der Waals surface area contributed by atoms with Crippen LogP contribution in [0.5, 0.6) is 0 Å². The summed E-state index contributed by atoms with van der Waals surface area (Å²) in [6.45, 7) is 6.97. The van der Waals surface area contributed by atoms with Crippen LogP contribution in [0.4, 0.5) is 10.5 Å². The number of benzene rings is 1. The number of nitrogens with two attached hydrogens (primary N) is 1. The molecule has 0 bridgehead atoms. The van der Waals surface area contributed by atoms with E-state index < -0.39 is 0 Å². The number of amides is 3. The monoisotopic (exact) mass is 366 g/mol. The number of piperidine rings is 1. The number of carbonyl (C=O) groups excluding carboxylic acids is 2. The first kappa shape index (κ1) is 19.5. The maximum atomic E-state index is 12.1. The van der Waals surface area contributed by atoms with E-state index >= 15 is 0 Å². The van der Waals surface area contributed by atoms with E-state index in [0.29, 0.717) is 11.6 Å². The Morgan fingerprint density at radius 2 is 2.00 bits per heavy atom. The highest BCUT2D eigenvalue weighted by Gasteiger charge is 2.23. The molecule has 25 heavy (non-hydrogen) atoms. The Kier molecular flexibility index (Phi) is 7.08. The van der Waals surface area contributed by atoms with Gasteiger partial charge >= 0.3 is 6.03 Å². The van der Waals surface area contributed by atoms with Crippen LogP contribution in [0.2, 0.25) is 5.02 Å². The van der Waals surface area contributed by atoms with Crippen LogP contribution < -0.4 is 16.4 Å². The summed E-state index contributed by atoms with van der Waals surface area (Å²) in [5.41, 5.74) is 8.06. The molecule has 1 aliphatic rings. The molecule has 1 saturated heterocycles. The molecular formula is C18H27ClN4O2. The molecule has 0 aliphatic carbocycles. The second kappa shape index (κ2) is 9.06. The Morgan fingerprint density at radius 3 is 2.64 bits per heavy atom. The highest BCUT2D eigenvalue weighted by Crippen LogP contribution is 2.24. The molecule has 0 saturated carbocycles. The number of nitrogens with zero attached hydrogens (tertiary/aromatic N) is 1. The lowest BCUT2D eigenvalue weighted by Gasteiger charge is -2.31. The Labute approximate surface area is 154 Å². The number of halogens is 1. The van der Waals surface area contributed by atoms with Crippen LogP contribution in [-0.4, -0.2) is 43.0 Å². The van der Waals surface area contributed by atoms with Gasteiger partial charge in [-0.15, -0.1) is 0 Å². The van der Waals surface area contributed by atoms with Crippen LogP contribution in [0.25, 0.3) is 0 Å². The predicted octanol–water partition coefficient (Wildman–Crippen LogP) is 2.67. The highest BCUT2D eigenvalue weighted by molar-refractivity contribution is 6.30. The molecule has 0 spiro atoms. The molecule has 0 aromatic heterocycles. The normalized spacial score (nSPS) is 18.0. The standard InChI is InChI=1S/C18H27ClN4O2/c1-12-9-15(19)10-13(2)16(12)22-18(25)21-6-4-8-23-7-3-5-14(11-23)17(20)24/h9-10,14H,3-8,11H2,1-2H3,(H2,20,24)(H2,21,22,25). The van der Waals surface area contributed by atoms with Gasteiger partial charge in [0, 0.05) is 23.8 Å². The first-order chi connectivity index (χ1) is 11.9. The fraction of sp³-hybridized carbons (Fsp3) is 0.556. The third-order valence-corrected chi connectivity index (χ3v) is 4.80. The van der Waals surface area contributed by atoms with Gasteiger partial charge in [-0.1, -0.05) is 11.6 Å². The number of anilines is 1. The van der Waals surface area contributed by atoms with E-state index in [1.165, 1.54) is 0 Å². The van der Waals surface area contributed by atoms with Gasteiger partial charge in [-0.2, -0.15) is 0 Å². The van der Waals surface area contributed by atoms with Crippen LogP contribution in [0.1, 0.15) is 30.4 Å². The minimum absolute atomic E-state index is 0.0409. The molecule has 4 N–H and O–H groups in total. The van der Waals surface area contributed by atoms with Crippen molar-refractivity contribution in [3.63, 3.8) is 0 Å². The van der Waals surface area contributed by atoms with Gasteiger partial charge in [0.05, 0.1) is 5.92 Å². The van der Waals surface area contributed by atoms with Gasteiger partial charge in [0.25, 0.3) is 0 Å². The number of likely N-dealkylation sites (tertiary alicyclic amines) is 1. The van der Waals surface area contributed by atoms with Crippen LogP contribution >= 0.6 is 11.6 Å². The van der Waals surface area contributed by atoms with Crippen molar-refractivity contribution in [1.29, 1.82) is 0 Å². The number of aryl methyl sites for hydroxylation is 2. The van der Waals surface area contributed by atoms with Gasteiger partial charge in [-0.05, 0) is 69.5 Å². The predicted molar refractivity (Wildman–Crippen MR) is 101 cm³/mol. The van der Waals surface area contributed by atoms with Crippen molar-refractivity contribution in [2.45, 2.75) is 33.1 Å². The second-order valence-corrected chi connectivity index (χ2v) is 7.13. The largest absolute Gasteiger partial charge is 0.369 e. The molecule has 138 valence electrons. The van der Waals surface area contributed by atoms with Gasteiger partial charge in [0.15, 0.2) is 0 Å². The summed E-state index contributed by atoms with van der Waals surface area (Å²) in [4.78, 5) is 25.6. The van der Waals surface area contributed by atoms with Crippen molar-refractivity contribution in [2.24, 2.45) is 11.7 Å². The molecule has 1 atom stereocenters. The van der Waals surface area contributed by atoms with Gasteiger partial charge in [0.1, 0.15) is 0 Å². The molecule has 6 nitrogen and oxygen atoms in total. The lowest BCUT2D eigenvalue weighted by atomic mass is 9.97. The molecule has 0 radical (unpaired) electrons. The molecule has 1 fully saturated rings. The van der Waals surface area contributed by atoms with Crippen LogP contribution in [0.15, 0.2) is 12.1 Å². The number of nitrogens with one attached hydrogen (secondary N) is 2. The first-order valence-electron chi connectivity index (χ1n) is 8.70. The molecule has 7 heteroatoms. The summed E-state index contributed by atoms with van der Waals surface area (Å²) < 4.78 is 0.